The van der Waals surface area contributed by atoms with Gasteiger partial charge in [0.2, 0.25) is 0 Å². The van der Waals surface area contributed by atoms with Crippen molar-refractivity contribution in [2.24, 2.45) is 7.05 Å². The predicted octanol–water partition coefficient (Wildman–Crippen LogP) is 2.90. The largest absolute Gasteiger partial charge is 0.374 e. The third-order valence-corrected chi connectivity index (χ3v) is 4.14. The number of rotatable bonds is 1. The van der Waals surface area contributed by atoms with Gasteiger partial charge in [-0.2, -0.15) is 10.4 Å². The molecule has 1 atom stereocenters. The second-order valence-corrected chi connectivity index (χ2v) is 5.58. The van der Waals surface area contributed by atoms with Gasteiger partial charge in [0.05, 0.1) is 17.8 Å². The molecule has 0 N–H and O–H groups in total. The molecule has 0 saturated heterocycles. The lowest BCUT2D eigenvalue weighted by Gasteiger charge is -2.32. The summed E-state index contributed by atoms with van der Waals surface area (Å²) >= 11 is 0. The quantitative estimate of drug-likeness (QED) is 0.797. The van der Waals surface area contributed by atoms with E-state index in [-0.39, 0.29) is 0 Å². The number of aryl methyl sites for hydroxylation is 1. The lowest BCUT2D eigenvalue weighted by atomic mass is 9.87. The molecule has 1 aliphatic heterocycles. The van der Waals surface area contributed by atoms with E-state index < -0.39 is 0 Å². The molecular weight excluding hydrogens is 248 g/mol. The van der Waals surface area contributed by atoms with Crippen LogP contribution in [0.4, 0.5) is 5.69 Å². The van der Waals surface area contributed by atoms with Crippen molar-refractivity contribution in [2.75, 3.05) is 18.5 Å². The maximum atomic E-state index is 9.44. The van der Waals surface area contributed by atoms with Crippen molar-refractivity contribution in [3.8, 4) is 17.2 Å². The Morgan fingerprint density at radius 1 is 1.35 bits per heavy atom. The molecule has 0 unspecified atom stereocenters. The Balaban J connectivity index is 2.21. The van der Waals surface area contributed by atoms with Gasteiger partial charge in [0.15, 0.2) is 0 Å². The highest BCUT2D eigenvalue weighted by Gasteiger charge is 2.22. The van der Waals surface area contributed by atoms with E-state index >= 15 is 0 Å². The summed E-state index contributed by atoms with van der Waals surface area (Å²) in [5.41, 5.74) is 5.23. The number of fused-ring (bicyclic) bond motifs is 1. The van der Waals surface area contributed by atoms with Crippen molar-refractivity contribution in [1.82, 2.24) is 9.78 Å². The first-order valence-electron chi connectivity index (χ1n) is 6.88. The Bertz CT molecular complexity index is 693. The normalized spacial score (nSPS) is 17.7. The number of nitriles is 1. The molecule has 1 aliphatic rings. The number of benzene rings is 1. The molecule has 20 heavy (non-hydrogen) atoms. The number of aromatic nitrogens is 2. The molecule has 2 aromatic rings. The Labute approximate surface area is 119 Å². The van der Waals surface area contributed by atoms with Crippen LogP contribution in [0.3, 0.4) is 0 Å². The fraction of sp³-hybridized carbons (Fsp3) is 0.375. The van der Waals surface area contributed by atoms with Crippen LogP contribution in [0.5, 0.6) is 0 Å². The minimum atomic E-state index is 0.532. The number of hydrogen-bond acceptors (Lipinski definition) is 3. The molecular formula is C16H18N4. The summed E-state index contributed by atoms with van der Waals surface area (Å²) in [5.74, 6) is 0.532. The van der Waals surface area contributed by atoms with Gasteiger partial charge >= 0.3 is 0 Å². The molecule has 1 aromatic heterocycles. The van der Waals surface area contributed by atoms with Crippen LogP contribution in [0.15, 0.2) is 24.5 Å². The van der Waals surface area contributed by atoms with Gasteiger partial charge in [-0.1, -0.05) is 6.92 Å². The number of nitrogens with zero attached hydrogens (tertiary/aromatic N) is 4. The van der Waals surface area contributed by atoms with Crippen molar-refractivity contribution >= 4 is 5.69 Å². The second kappa shape index (κ2) is 4.68. The molecule has 0 saturated carbocycles. The predicted molar refractivity (Wildman–Crippen MR) is 79.7 cm³/mol. The minimum absolute atomic E-state index is 0.532. The van der Waals surface area contributed by atoms with Gasteiger partial charge in [-0.15, -0.1) is 0 Å². The Hall–Kier alpha value is -2.28. The van der Waals surface area contributed by atoms with E-state index in [0.717, 1.165) is 29.7 Å². The maximum Gasteiger partial charge on any atom is 0.0998 e. The van der Waals surface area contributed by atoms with Gasteiger partial charge in [-0.05, 0) is 30.0 Å². The van der Waals surface area contributed by atoms with Crippen LogP contribution < -0.4 is 4.90 Å². The van der Waals surface area contributed by atoms with Crippen LogP contribution >= 0.6 is 0 Å². The molecule has 0 amide bonds. The van der Waals surface area contributed by atoms with Crippen molar-refractivity contribution in [3.63, 3.8) is 0 Å². The molecule has 102 valence electrons. The van der Waals surface area contributed by atoms with Crippen molar-refractivity contribution in [2.45, 2.75) is 19.3 Å². The molecule has 1 aromatic carbocycles. The van der Waals surface area contributed by atoms with Gasteiger partial charge in [-0.3, -0.25) is 4.68 Å². The SMILES string of the molecule is C[C@H]1CCN(C)c2cc(C#N)c(-c3cnn(C)c3)cc21. The zero-order valence-corrected chi connectivity index (χ0v) is 12.1. The van der Waals surface area contributed by atoms with Crippen LogP contribution in [0.2, 0.25) is 0 Å². The first kappa shape index (κ1) is 12.7. The van der Waals surface area contributed by atoms with Gasteiger partial charge in [0.1, 0.15) is 0 Å². The van der Waals surface area contributed by atoms with E-state index in [9.17, 15) is 5.26 Å². The zero-order valence-electron chi connectivity index (χ0n) is 12.1. The lowest BCUT2D eigenvalue weighted by molar-refractivity contribution is 0.637. The van der Waals surface area contributed by atoms with Crippen LogP contribution in [0.1, 0.15) is 30.4 Å². The zero-order chi connectivity index (χ0) is 14.3. The van der Waals surface area contributed by atoms with Crippen molar-refractivity contribution < 1.29 is 0 Å². The Morgan fingerprint density at radius 2 is 2.15 bits per heavy atom. The summed E-state index contributed by atoms with van der Waals surface area (Å²) in [6.45, 7) is 3.30. The van der Waals surface area contributed by atoms with Crippen LogP contribution in [0, 0.1) is 11.3 Å². The average molecular weight is 266 g/mol. The summed E-state index contributed by atoms with van der Waals surface area (Å²) in [6.07, 6.45) is 4.93. The first-order chi connectivity index (χ1) is 9.60. The van der Waals surface area contributed by atoms with E-state index in [0.29, 0.717) is 5.92 Å². The third-order valence-electron chi connectivity index (χ3n) is 4.14. The van der Waals surface area contributed by atoms with E-state index in [4.69, 9.17) is 0 Å². The third kappa shape index (κ3) is 1.96. The second-order valence-electron chi connectivity index (χ2n) is 5.58. The Kier molecular flexibility index (Phi) is 2.98. The fourth-order valence-corrected chi connectivity index (χ4v) is 2.89. The smallest absolute Gasteiger partial charge is 0.0998 e. The highest BCUT2D eigenvalue weighted by Crippen LogP contribution is 2.38. The molecule has 3 rings (SSSR count). The fourth-order valence-electron chi connectivity index (χ4n) is 2.89. The van der Waals surface area contributed by atoms with Crippen LogP contribution in [-0.4, -0.2) is 23.4 Å². The summed E-state index contributed by atoms with van der Waals surface area (Å²) in [7, 11) is 3.99. The van der Waals surface area contributed by atoms with E-state index in [1.54, 1.807) is 4.68 Å². The highest BCUT2D eigenvalue weighted by atomic mass is 15.2. The molecule has 0 bridgehead atoms. The molecule has 4 nitrogen and oxygen atoms in total. The molecule has 2 heterocycles. The standard InChI is InChI=1S/C16H18N4/c1-11-4-5-19(2)16-6-12(8-17)15(7-14(11)16)13-9-18-20(3)10-13/h6-7,9-11H,4-5H2,1-3H3/t11-/m0/s1. The number of anilines is 1. The monoisotopic (exact) mass is 266 g/mol. The summed E-state index contributed by atoms with van der Waals surface area (Å²) in [6, 6.07) is 6.52. The van der Waals surface area contributed by atoms with E-state index in [1.807, 2.05) is 25.5 Å². The first-order valence-corrected chi connectivity index (χ1v) is 6.88. The molecule has 0 aliphatic carbocycles. The lowest BCUT2D eigenvalue weighted by Crippen LogP contribution is -2.26. The van der Waals surface area contributed by atoms with Crippen molar-refractivity contribution in [3.05, 3.63) is 35.7 Å². The van der Waals surface area contributed by atoms with E-state index in [1.165, 1.54) is 11.3 Å². The molecule has 4 heteroatoms. The number of hydrogen-bond donors (Lipinski definition) is 0. The summed E-state index contributed by atoms with van der Waals surface area (Å²) in [5, 5.41) is 13.7. The molecule has 0 fully saturated rings. The minimum Gasteiger partial charge on any atom is -0.374 e. The van der Waals surface area contributed by atoms with E-state index in [2.05, 4.69) is 36.1 Å². The van der Waals surface area contributed by atoms with Gasteiger partial charge in [-0.25, -0.2) is 0 Å². The van der Waals surface area contributed by atoms with Crippen molar-refractivity contribution in [1.29, 1.82) is 5.26 Å². The topological polar surface area (TPSA) is 44.9 Å². The average Bonchev–Trinajstić information content (AvgIpc) is 2.88. The van der Waals surface area contributed by atoms with Gasteiger partial charge < -0.3 is 4.90 Å². The van der Waals surface area contributed by atoms with Gasteiger partial charge in [0.25, 0.3) is 0 Å². The molecule has 0 spiro atoms. The highest BCUT2D eigenvalue weighted by molar-refractivity contribution is 5.76. The maximum absolute atomic E-state index is 9.44. The molecule has 0 radical (unpaired) electrons. The summed E-state index contributed by atoms with van der Waals surface area (Å²) < 4.78 is 1.77. The Morgan fingerprint density at radius 3 is 2.80 bits per heavy atom. The van der Waals surface area contributed by atoms with Crippen LogP contribution in [0.25, 0.3) is 11.1 Å². The van der Waals surface area contributed by atoms with Crippen LogP contribution in [-0.2, 0) is 7.05 Å². The van der Waals surface area contributed by atoms with Gasteiger partial charge in [0, 0.05) is 43.7 Å². The summed E-state index contributed by atoms with van der Waals surface area (Å²) in [4.78, 5) is 2.24.